The van der Waals surface area contributed by atoms with Crippen LogP contribution in [0.25, 0.3) is 0 Å². The van der Waals surface area contributed by atoms with Crippen LogP contribution in [0.2, 0.25) is 0 Å². The molecule has 3 heteroatoms. The number of allylic oxidation sites excluding steroid dienone is 5. The van der Waals surface area contributed by atoms with Crippen LogP contribution in [-0.4, -0.2) is 36.9 Å². The number of rotatable bonds is 5. The SMILES string of the molecule is CN(CO)CCNC1=CC=CCC=C1. The van der Waals surface area contributed by atoms with Gasteiger partial charge in [0.25, 0.3) is 0 Å². The summed E-state index contributed by atoms with van der Waals surface area (Å²) in [5.74, 6) is 0. The molecule has 0 spiro atoms. The Labute approximate surface area is 85.4 Å². The highest BCUT2D eigenvalue weighted by molar-refractivity contribution is 5.25. The highest BCUT2D eigenvalue weighted by atomic mass is 16.3. The summed E-state index contributed by atoms with van der Waals surface area (Å²) in [5.41, 5.74) is 1.13. The maximum absolute atomic E-state index is 8.78. The van der Waals surface area contributed by atoms with Gasteiger partial charge in [-0.15, -0.1) is 0 Å². The number of nitrogens with zero attached hydrogens (tertiary/aromatic N) is 1. The predicted octanol–water partition coefficient (Wildman–Crippen LogP) is 0.858. The topological polar surface area (TPSA) is 35.5 Å². The van der Waals surface area contributed by atoms with Gasteiger partial charge in [-0.25, -0.2) is 0 Å². The highest BCUT2D eigenvalue weighted by Gasteiger charge is 1.95. The maximum Gasteiger partial charge on any atom is 0.0954 e. The molecule has 0 amide bonds. The zero-order chi connectivity index (χ0) is 10.2. The van der Waals surface area contributed by atoms with Crippen molar-refractivity contribution >= 4 is 0 Å². The third-order valence-electron chi connectivity index (χ3n) is 2.05. The van der Waals surface area contributed by atoms with Gasteiger partial charge in [0.15, 0.2) is 0 Å². The van der Waals surface area contributed by atoms with Crippen LogP contribution in [-0.2, 0) is 0 Å². The van der Waals surface area contributed by atoms with E-state index in [9.17, 15) is 0 Å². The first-order chi connectivity index (χ1) is 6.83. The number of aliphatic hydroxyl groups excluding tert-OH is 1. The number of hydrogen-bond donors (Lipinski definition) is 2. The van der Waals surface area contributed by atoms with Crippen molar-refractivity contribution in [2.75, 3.05) is 26.9 Å². The van der Waals surface area contributed by atoms with E-state index in [1.54, 1.807) is 0 Å². The van der Waals surface area contributed by atoms with Gasteiger partial charge in [0.2, 0.25) is 0 Å². The first-order valence-corrected chi connectivity index (χ1v) is 4.89. The van der Waals surface area contributed by atoms with Crippen LogP contribution < -0.4 is 5.32 Å². The minimum Gasteiger partial charge on any atom is -0.384 e. The van der Waals surface area contributed by atoms with E-state index in [1.807, 2.05) is 11.9 Å². The van der Waals surface area contributed by atoms with Crippen LogP contribution >= 0.6 is 0 Å². The van der Waals surface area contributed by atoms with E-state index in [0.29, 0.717) is 0 Å². The third kappa shape index (κ3) is 4.25. The van der Waals surface area contributed by atoms with E-state index < -0.39 is 0 Å². The summed E-state index contributed by atoms with van der Waals surface area (Å²) in [6, 6.07) is 0. The van der Waals surface area contributed by atoms with Gasteiger partial charge in [-0.3, -0.25) is 4.90 Å². The van der Waals surface area contributed by atoms with Crippen molar-refractivity contribution in [3.63, 3.8) is 0 Å². The average Bonchev–Trinajstić information content (AvgIpc) is 2.46. The Morgan fingerprint density at radius 2 is 2.36 bits per heavy atom. The average molecular weight is 194 g/mol. The largest absolute Gasteiger partial charge is 0.384 e. The quantitative estimate of drug-likeness (QED) is 0.637. The lowest BCUT2D eigenvalue weighted by Crippen LogP contribution is -2.29. The van der Waals surface area contributed by atoms with Crippen molar-refractivity contribution in [2.24, 2.45) is 0 Å². The summed E-state index contributed by atoms with van der Waals surface area (Å²) in [6.45, 7) is 1.79. The summed E-state index contributed by atoms with van der Waals surface area (Å²) in [4.78, 5) is 1.85. The summed E-state index contributed by atoms with van der Waals surface area (Å²) in [7, 11) is 1.89. The molecule has 0 aromatic heterocycles. The molecule has 0 aromatic rings. The monoisotopic (exact) mass is 194 g/mol. The first-order valence-electron chi connectivity index (χ1n) is 4.89. The van der Waals surface area contributed by atoms with E-state index in [4.69, 9.17) is 5.11 Å². The molecular formula is C11H18N2O. The number of aliphatic hydroxyl groups is 1. The Balaban J connectivity index is 2.23. The van der Waals surface area contributed by atoms with Crippen LogP contribution in [0.5, 0.6) is 0 Å². The lowest BCUT2D eigenvalue weighted by Gasteiger charge is -2.14. The van der Waals surface area contributed by atoms with Gasteiger partial charge in [0, 0.05) is 18.8 Å². The Bertz CT molecular complexity index is 244. The predicted molar refractivity (Wildman–Crippen MR) is 58.7 cm³/mol. The third-order valence-corrected chi connectivity index (χ3v) is 2.05. The van der Waals surface area contributed by atoms with E-state index in [0.717, 1.165) is 25.2 Å². The van der Waals surface area contributed by atoms with Crippen LogP contribution in [0.15, 0.2) is 36.1 Å². The Morgan fingerprint density at radius 1 is 1.50 bits per heavy atom. The minimum absolute atomic E-state index is 0.108. The fourth-order valence-corrected chi connectivity index (χ4v) is 1.16. The summed E-state index contributed by atoms with van der Waals surface area (Å²) < 4.78 is 0. The molecule has 0 radical (unpaired) electrons. The molecule has 2 N–H and O–H groups in total. The highest BCUT2D eigenvalue weighted by Crippen LogP contribution is 2.00. The van der Waals surface area contributed by atoms with Crippen LogP contribution in [0, 0.1) is 0 Å². The van der Waals surface area contributed by atoms with E-state index >= 15 is 0 Å². The molecule has 0 saturated carbocycles. The molecule has 0 aliphatic heterocycles. The van der Waals surface area contributed by atoms with E-state index in [2.05, 4.69) is 35.7 Å². The molecule has 1 aliphatic rings. The molecule has 14 heavy (non-hydrogen) atoms. The summed E-state index contributed by atoms with van der Waals surface area (Å²) in [5, 5.41) is 12.1. The van der Waals surface area contributed by atoms with Crippen LogP contribution in [0.4, 0.5) is 0 Å². The smallest absolute Gasteiger partial charge is 0.0954 e. The molecule has 0 aromatic carbocycles. The van der Waals surface area contributed by atoms with Crippen LogP contribution in [0.3, 0.4) is 0 Å². The van der Waals surface area contributed by atoms with Gasteiger partial charge in [-0.05, 0) is 25.6 Å². The van der Waals surface area contributed by atoms with Gasteiger partial charge in [-0.1, -0.05) is 18.2 Å². The van der Waals surface area contributed by atoms with Gasteiger partial charge in [-0.2, -0.15) is 0 Å². The van der Waals surface area contributed by atoms with Crippen molar-refractivity contribution in [3.05, 3.63) is 36.1 Å². The van der Waals surface area contributed by atoms with Gasteiger partial charge >= 0.3 is 0 Å². The minimum atomic E-state index is 0.108. The van der Waals surface area contributed by atoms with Gasteiger partial charge < -0.3 is 10.4 Å². The summed E-state index contributed by atoms with van der Waals surface area (Å²) in [6.07, 6.45) is 11.4. The fourth-order valence-electron chi connectivity index (χ4n) is 1.16. The molecule has 0 unspecified atom stereocenters. The Kier molecular flexibility index (Phi) is 5.04. The molecule has 0 fully saturated rings. The number of likely N-dealkylation sites (N-methyl/N-ethyl adjacent to an activating group) is 1. The molecule has 1 aliphatic carbocycles. The Morgan fingerprint density at radius 3 is 3.14 bits per heavy atom. The van der Waals surface area contributed by atoms with Gasteiger partial charge in [0.1, 0.15) is 0 Å². The second-order valence-corrected chi connectivity index (χ2v) is 3.34. The molecule has 1 rings (SSSR count). The molecule has 0 heterocycles. The van der Waals surface area contributed by atoms with Crippen molar-refractivity contribution in [2.45, 2.75) is 6.42 Å². The van der Waals surface area contributed by atoms with Crippen molar-refractivity contribution in [3.8, 4) is 0 Å². The van der Waals surface area contributed by atoms with Crippen molar-refractivity contribution in [1.29, 1.82) is 0 Å². The molecule has 0 bridgehead atoms. The lowest BCUT2D eigenvalue weighted by atomic mass is 10.3. The zero-order valence-electron chi connectivity index (χ0n) is 8.61. The maximum atomic E-state index is 8.78. The standard InChI is InChI=1S/C11H18N2O/c1-13(10-14)9-8-12-11-6-4-2-3-5-7-11/h2,4-7,12,14H,3,8-10H2,1H3. The van der Waals surface area contributed by atoms with E-state index in [1.165, 1.54) is 0 Å². The summed E-state index contributed by atoms with van der Waals surface area (Å²) >= 11 is 0. The van der Waals surface area contributed by atoms with Crippen molar-refractivity contribution < 1.29 is 5.11 Å². The second kappa shape index (κ2) is 6.40. The fraction of sp³-hybridized carbons (Fsp3) is 0.455. The van der Waals surface area contributed by atoms with Crippen molar-refractivity contribution in [1.82, 2.24) is 10.2 Å². The number of hydrogen-bond acceptors (Lipinski definition) is 3. The second-order valence-electron chi connectivity index (χ2n) is 3.34. The molecule has 78 valence electrons. The molecule has 0 atom stereocenters. The lowest BCUT2D eigenvalue weighted by molar-refractivity contribution is 0.134. The van der Waals surface area contributed by atoms with Gasteiger partial charge in [0.05, 0.1) is 6.73 Å². The molecule has 0 saturated heterocycles. The van der Waals surface area contributed by atoms with Crippen LogP contribution in [0.1, 0.15) is 6.42 Å². The number of nitrogens with one attached hydrogen (secondary N) is 1. The molecule has 3 nitrogen and oxygen atoms in total. The normalized spacial score (nSPS) is 15.5. The zero-order valence-corrected chi connectivity index (χ0v) is 8.61. The van der Waals surface area contributed by atoms with E-state index in [-0.39, 0.29) is 6.73 Å². The Hall–Kier alpha value is -1.06. The first kappa shape index (κ1) is 11.0. The molecular weight excluding hydrogens is 176 g/mol.